The Morgan fingerprint density at radius 3 is 2.90 bits per heavy atom. The molecule has 1 saturated heterocycles. The van der Waals surface area contributed by atoms with Crippen LogP contribution in [0, 0.1) is 22.7 Å². The minimum atomic E-state index is -0.690. The highest BCUT2D eigenvalue weighted by atomic mass is 16.5. The molecule has 1 amide bonds. The normalized spacial score (nSPS) is 17.2. The highest BCUT2D eigenvalue weighted by molar-refractivity contribution is 5.89. The molecule has 1 aromatic carbocycles. The second kappa shape index (κ2) is 8.07. The van der Waals surface area contributed by atoms with E-state index in [1.165, 1.54) is 6.20 Å². The first-order chi connectivity index (χ1) is 14.2. The van der Waals surface area contributed by atoms with E-state index in [0.717, 1.165) is 0 Å². The first-order valence-corrected chi connectivity index (χ1v) is 9.06. The SMILES string of the molecule is N#Cc1cn[nH]c1[C@H](NC(=O)[C@H]1CNCCO1)c1ccc(C#N)c2ncccc12. The zero-order valence-corrected chi connectivity index (χ0v) is 15.3. The van der Waals surface area contributed by atoms with Crippen molar-refractivity contribution in [2.24, 2.45) is 0 Å². The molecule has 1 fully saturated rings. The molecule has 0 aliphatic carbocycles. The van der Waals surface area contributed by atoms with Crippen molar-refractivity contribution in [1.29, 1.82) is 10.5 Å². The standard InChI is InChI=1S/C20H17N7O2/c21-8-12-3-4-15(14-2-1-5-24-17(12)14)19(18-13(9-22)10-25-27-18)26-20(28)16-11-23-6-7-29-16/h1-5,10,16,19,23H,6-7,11H2,(H,25,27)(H,26,28)/t16-,19-/m1/s1. The summed E-state index contributed by atoms with van der Waals surface area (Å²) in [5, 5.41) is 32.5. The number of nitrogens with one attached hydrogen (secondary N) is 3. The second-order valence-corrected chi connectivity index (χ2v) is 6.53. The summed E-state index contributed by atoms with van der Waals surface area (Å²) in [4.78, 5) is 17.2. The van der Waals surface area contributed by atoms with Crippen LogP contribution in [0.3, 0.4) is 0 Å². The number of aromatic amines is 1. The number of benzene rings is 1. The Morgan fingerprint density at radius 1 is 1.28 bits per heavy atom. The molecule has 144 valence electrons. The Balaban J connectivity index is 1.81. The molecule has 29 heavy (non-hydrogen) atoms. The van der Waals surface area contributed by atoms with Gasteiger partial charge in [0, 0.05) is 24.7 Å². The van der Waals surface area contributed by atoms with Crippen molar-refractivity contribution in [3.05, 3.63) is 59.0 Å². The number of carbonyl (C=O) groups excluding carboxylic acids is 1. The number of rotatable bonds is 4. The van der Waals surface area contributed by atoms with E-state index in [0.29, 0.717) is 53.0 Å². The van der Waals surface area contributed by atoms with Gasteiger partial charge in [-0.05, 0) is 17.7 Å². The molecule has 4 rings (SSSR count). The Hall–Kier alpha value is -3.79. The largest absolute Gasteiger partial charge is 0.366 e. The van der Waals surface area contributed by atoms with E-state index >= 15 is 0 Å². The van der Waals surface area contributed by atoms with Gasteiger partial charge in [-0.15, -0.1) is 0 Å². The molecule has 9 nitrogen and oxygen atoms in total. The van der Waals surface area contributed by atoms with Crippen molar-refractivity contribution in [1.82, 2.24) is 25.8 Å². The van der Waals surface area contributed by atoms with Crippen LogP contribution in [0.25, 0.3) is 10.9 Å². The molecule has 2 atom stereocenters. The fourth-order valence-electron chi connectivity index (χ4n) is 3.42. The summed E-state index contributed by atoms with van der Waals surface area (Å²) in [5.41, 5.74) is 2.43. The van der Waals surface area contributed by atoms with Gasteiger partial charge in [0.2, 0.25) is 0 Å². The predicted molar refractivity (Wildman–Crippen MR) is 102 cm³/mol. The summed E-state index contributed by atoms with van der Waals surface area (Å²) in [6.45, 7) is 1.54. The number of nitriles is 2. The molecule has 0 bridgehead atoms. The zero-order valence-electron chi connectivity index (χ0n) is 15.3. The van der Waals surface area contributed by atoms with Gasteiger partial charge in [-0.1, -0.05) is 12.1 Å². The molecule has 9 heteroatoms. The first kappa shape index (κ1) is 18.6. The van der Waals surface area contributed by atoms with Gasteiger partial charge in [0.25, 0.3) is 5.91 Å². The number of pyridine rings is 1. The molecule has 1 aliphatic rings. The van der Waals surface area contributed by atoms with Crippen molar-refractivity contribution in [3.8, 4) is 12.1 Å². The number of amides is 1. The number of fused-ring (bicyclic) bond motifs is 1. The number of H-pyrrole nitrogens is 1. The highest BCUT2D eigenvalue weighted by Gasteiger charge is 2.29. The third-order valence-corrected chi connectivity index (χ3v) is 4.82. The topological polar surface area (TPSA) is 140 Å². The van der Waals surface area contributed by atoms with E-state index in [-0.39, 0.29) is 5.91 Å². The van der Waals surface area contributed by atoms with Crippen LogP contribution in [-0.2, 0) is 9.53 Å². The van der Waals surface area contributed by atoms with Gasteiger partial charge < -0.3 is 15.4 Å². The fraction of sp³-hybridized carbons (Fsp3) is 0.250. The number of ether oxygens (including phenoxy) is 1. The maximum absolute atomic E-state index is 12.9. The monoisotopic (exact) mass is 387 g/mol. The van der Waals surface area contributed by atoms with E-state index in [4.69, 9.17) is 4.74 Å². The summed E-state index contributed by atoms with van der Waals surface area (Å²) >= 11 is 0. The fourth-order valence-corrected chi connectivity index (χ4v) is 3.42. The summed E-state index contributed by atoms with van der Waals surface area (Å²) in [5.74, 6) is -0.304. The first-order valence-electron chi connectivity index (χ1n) is 9.06. The number of hydrogen-bond acceptors (Lipinski definition) is 7. The van der Waals surface area contributed by atoms with Crippen LogP contribution in [-0.4, -0.2) is 46.9 Å². The van der Waals surface area contributed by atoms with Crippen LogP contribution >= 0.6 is 0 Å². The smallest absolute Gasteiger partial charge is 0.251 e. The number of nitrogens with zero attached hydrogens (tertiary/aromatic N) is 4. The van der Waals surface area contributed by atoms with Crippen LogP contribution in [0.5, 0.6) is 0 Å². The molecule has 3 heterocycles. The Morgan fingerprint density at radius 2 is 2.14 bits per heavy atom. The van der Waals surface area contributed by atoms with Crippen molar-refractivity contribution >= 4 is 16.8 Å². The second-order valence-electron chi connectivity index (χ2n) is 6.53. The lowest BCUT2D eigenvalue weighted by atomic mass is 9.95. The molecule has 3 aromatic rings. The van der Waals surface area contributed by atoms with E-state index in [2.05, 4.69) is 38.0 Å². The van der Waals surface area contributed by atoms with Crippen LogP contribution in [0.1, 0.15) is 28.4 Å². The summed E-state index contributed by atoms with van der Waals surface area (Å²) in [6, 6.07) is 10.5. The van der Waals surface area contributed by atoms with Crippen LogP contribution < -0.4 is 10.6 Å². The Labute approximate surface area is 166 Å². The molecule has 1 aliphatic heterocycles. The third-order valence-electron chi connectivity index (χ3n) is 4.82. The van der Waals surface area contributed by atoms with Crippen LogP contribution in [0.4, 0.5) is 0 Å². The van der Waals surface area contributed by atoms with E-state index in [1.807, 2.05) is 6.07 Å². The predicted octanol–water partition coefficient (Wildman–Crippen LogP) is 0.895. The third kappa shape index (κ3) is 3.52. The van der Waals surface area contributed by atoms with Crippen molar-refractivity contribution in [2.75, 3.05) is 19.7 Å². The zero-order chi connectivity index (χ0) is 20.2. The van der Waals surface area contributed by atoms with Gasteiger partial charge in [-0.2, -0.15) is 15.6 Å². The Kier molecular flexibility index (Phi) is 5.16. The van der Waals surface area contributed by atoms with E-state index in [1.54, 1.807) is 24.4 Å². The van der Waals surface area contributed by atoms with E-state index in [9.17, 15) is 15.3 Å². The number of hydrogen-bond donors (Lipinski definition) is 3. The molecule has 0 spiro atoms. The summed E-state index contributed by atoms with van der Waals surface area (Å²) in [7, 11) is 0. The molecule has 0 radical (unpaired) electrons. The van der Waals surface area contributed by atoms with Gasteiger partial charge in [0.05, 0.1) is 41.2 Å². The quantitative estimate of drug-likeness (QED) is 0.604. The lowest BCUT2D eigenvalue weighted by Gasteiger charge is -2.26. The highest BCUT2D eigenvalue weighted by Crippen LogP contribution is 2.30. The number of aromatic nitrogens is 3. The Bertz CT molecular complexity index is 1140. The average molecular weight is 387 g/mol. The lowest BCUT2D eigenvalue weighted by Crippen LogP contribution is -2.48. The minimum absolute atomic E-state index is 0.304. The van der Waals surface area contributed by atoms with E-state index < -0.39 is 12.1 Å². The number of morpholine rings is 1. The molecular weight excluding hydrogens is 370 g/mol. The molecular formula is C20H17N7O2. The lowest BCUT2D eigenvalue weighted by molar-refractivity contribution is -0.134. The summed E-state index contributed by atoms with van der Waals surface area (Å²) < 4.78 is 5.55. The number of carbonyl (C=O) groups is 1. The van der Waals surface area contributed by atoms with Crippen LogP contribution in [0.2, 0.25) is 0 Å². The maximum Gasteiger partial charge on any atom is 0.251 e. The van der Waals surface area contributed by atoms with Crippen LogP contribution in [0.15, 0.2) is 36.7 Å². The minimum Gasteiger partial charge on any atom is -0.366 e. The van der Waals surface area contributed by atoms with Gasteiger partial charge in [0.15, 0.2) is 0 Å². The summed E-state index contributed by atoms with van der Waals surface area (Å²) in [6.07, 6.45) is 2.39. The van der Waals surface area contributed by atoms with Gasteiger partial charge in [-0.25, -0.2) is 0 Å². The van der Waals surface area contributed by atoms with Crippen molar-refractivity contribution in [2.45, 2.75) is 12.1 Å². The molecule has 0 unspecified atom stereocenters. The molecule has 3 N–H and O–H groups in total. The van der Waals surface area contributed by atoms with Gasteiger partial charge in [0.1, 0.15) is 18.2 Å². The average Bonchev–Trinajstić information content (AvgIpc) is 3.26. The maximum atomic E-state index is 12.9. The van der Waals surface area contributed by atoms with Gasteiger partial charge in [-0.3, -0.25) is 14.9 Å². The molecule has 2 aromatic heterocycles. The van der Waals surface area contributed by atoms with Crippen molar-refractivity contribution < 1.29 is 9.53 Å². The van der Waals surface area contributed by atoms with Crippen molar-refractivity contribution in [3.63, 3.8) is 0 Å². The molecule has 0 saturated carbocycles. The van der Waals surface area contributed by atoms with Gasteiger partial charge >= 0.3 is 0 Å².